The van der Waals surface area contributed by atoms with Crippen molar-refractivity contribution in [1.29, 1.82) is 0 Å². The van der Waals surface area contributed by atoms with Gasteiger partial charge in [-0.05, 0) is 62.1 Å². The van der Waals surface area contributed by atoms with E-state index in [1.807, 2.05) is 69.5 Å². The van der Waals surface area contributed by atoms with Crippen molar-refractivity contribution < 1.29 is 9.59 Å². The highest BCUT2D eigenvalue weighted by atomic mass is 79.9. The normalized spacial score (nSPS) is 12.0. The minimum Gasteiger partial charge on any atom is -0.342 e. The van der Waals surface area contributed by atoms with Gasteiger partial charge in [0.2, 0.25) is 5.91 Å². The lowest BCUT2D eigenvalue weighted by atomic mass is 10.0. The van der Waals surface area contributed by atoms with E-state index in [1.165, 1.54) is 11.8 Å². The first-order valence-electron chi connectivity index (χ1n) is 11.2. The van der Waals surface area contributed by atoms with Crippen molar-refractivity contribution in [3.8, 4) is 0 Å². The van der Waals surface area contributed by atoms with Crippen LogP contribution in [0.1, 0.15) is 54.1 Å². The average molecular weight is 545 g/mol. The predicted octanol–water partition coefficient (Wildman–Crippen LogP) is 5.54. The molecule has 2 N–H and O–H groups in total. The van der Waals surface area contributed by atoms with Gasteiger partial charge in [-0.3, -0.25) is 9.59 Å². The lowest BCUT2D eigenvalue weighted by molar-refractivity contribution is -0.113. The van der Waals surface area contributed by atoms with Crippen molar-refractivity contribution in [3.63, 3.8) is 0 Å². The summed E-state index contributed by atoms with van der Waals surface area (Å²) in [6.07, 6.45) is 0. The Kier molecular flexibility index (Phi) is 8.90. The van der Waals surface area contributed by atoms with Gasteiger partial charge in [0.25, 0.3) is 5.91 Å². The zero-order valence-electron chi connectivity index (χ0n) is 20.1. The van der Waals surface area contributed by atoms with Crippen LogP contribution < -0.4 is 10.6 Å². The molecule has 0 unspecified atom stereocenters. The highest BCUT2D eigenvalue weighted by molar-refractivity contribution is 9.10. The number of carbonyl (C=O) groups is 2. The quantitative estimate of drug-likeness (QED) is 0.346. The van der Waals surface area contributed by atoms with Gasteiger partial charge >= 0.3 is 0 Å². The van der Waals surface area contributed by atoms with Gasteiger partial charge in [-0.15, -0.1) is 10.2 Å². The van der Waals surface area contributed by atoms with E-state index in [9.17, 15) is 9.59 Å². The Morgan fingerprint density at radius 2 is 1.76 bits per heavy atom. The second kappa shape index (κ2) is 11.7. The molecule has 180 valence electrons. The van der Waals surface area contributed by atoms with Gasteiger partial charge in [-0.1, -0.05) is 59.7 Å². The van der Waals surface area contributed by atoms with Gasteiger partial charge in [0, 0.05) is 22.3 Å². The summed E-state index contributed by atoms with van der Waals surface area (Å²) in [6.45, 7) is 10.7. The third-order valence-electron chi connectivity index (χ3n) is 5.66. The number of halogens is 1. The number of carbonyl (C=O) groups excluding carboxylic acids is 2. The number of aromatic nitrogens is 3. The van der Waals surface area contributed by atoms with E-state index in [4.69, 9.17) is 0 Å². The summed E-state index contributed by atoms with van der Waals surface area (Å²) in [6, 6.07) is 12.6. The molecule has 0 fully saturated rings. The first-order valence-corrected chi connectivity index (χ1v) is 13.0. The van der Waals surface area contributed by atoms with Crippen molar-refractivity contribution in [1.82, 2.24) is 20.1 Å². The molecule has 0 aliphatic rings. The number of thioether (sulfide) groups is 1. The molecule has 0 saturated carbocycles. The number of benzene rings is 2. The van der Waals surface area contributed by atoms with Crippen LogP contribution in [0.25, 0.3) is 0 Å². The Morgan fingerprint density at radius 1 is 1.06 bits per heavy atom. The molecule has 1 aromatic heterocycles. The van der Waals surface area contributed by atoms with Crippen molar-refractivity contribution >= 4 is 45.2 Å². The lowest BCUT2D eigenvalue weighted by Crippen LogP contribution is -2.33. The maximum atomic E-state index is 12.8. The van der Waals surface area contributed by atoms with Crippen LogP contribution in [0.5, 0.6) is 0 Å². The molecule has 0 aliphatic carbocycles. The van der Waals surface area contributed by atoms with Gasteiger partial charge in [0.05, 0.1) is 11.8 Å². The molecule has 34 heavy (non-hydrogen) atoms. The monoisotopic (exact) mass is 543 g/mol. The van der Waals surface area contributed by atoms with Crippen molar-refractivity contribution in [3.05, 3.63) is 69.5 Å². The molecular weight excluding hydrogens is 514 g/mol. The van der Waals surface area contributed by atoms with Crippen molar-refractivity contribution in [2.45, 2.75) is 52.4 Å². The number of rotatable bonds is 9. The second-order valence-corrected chi connectivity index (χ2v) is 10.1. The van der Waals surface area contributed by atoms with Crippen LogP contribution in [-0.2, 0) is 11.3 Å². The summed E-state index contributed by atoms with van der Waals surface area (Å²) in [5.41, 5.74) is 3.52. The highest BCUT2D eigenvalue weighted by Crippen LogP contribution is 2.28. The fourth-order valence-corrected chi connectivity index (χ4v) is 4.76. The van der Waals surface area contributed by atoms with Crippen LogP contribution in [0.2, 0.25) is 0 Å². The molecule has 2 amide bonds. The summed E-state index contributed by atoms with van der Waals surface area (Å²) >= 11 is 4.85. The van der Waals surface area contributed by atoms with Gasteiger partial charge in [0.15, 0.2) is 11.0 Å². The fourth-order valence-electron chi connectivity index (χ4n) is 3.52. The average Bonchev–Trinajstić information content (AvgIpc) is 3.24. The maximum Gasteiger partial charge on any atom is 0.251 e. The summed E-state index contributed by atoms with van der Waals surface area (Å²) in [5.74, 6) is 0.726. The Bertz CT molecular complexity index is 1160. The van der Waals surface area contributed by atoms with Crippen LogP contribution in [0.3, 0.4) is 0 Å². The van der Waals surface area contributed by atoms with Gasteiger partial charge in [-0.2, -0.15) is 0 Å². The van der Waals surface area contributed by atoms with Crippen molar-refractivity contribution in [2.75, 3.05) is 11.1 Å². The third-order valence-corrected chi connectivity index (χ3v) is 7.48. The summed E-state index contributed by atoms with van der Waals surface area (Å²) < 4.78 is 2.98. The number of hydrogen-bond donors (Lipinski definition) is 2. The largest absolute Gasteiger partial charge is 0.342 e. The van der Waals surface area contributed by atoms with Gasteiger partial charge < -0.3 is 15.2 Å². The van der Waals surface area contributed by atoms with Gasteiger partial charge in [0.1, 0.15) is 0 Å². The zero-order valence-corrected chi connectivity index (χ0v) is 22.5. The van der Waals surface area contributed by atoms with Crippen LogP contribution in [0.4, 0.5) is 5.69 Å². The SMILES string of the molecule is CCn1c(SCC(=O)Nc2ccc(Br)c(C)c2C)nnc1[C@@H](NC(=O)c1ccccc1)C(C)C. The molecular formula is C25H30BrN5O2S. The fraction of sp³-hybridized carbons (Fsp3) is 0.360. The van der Waals surface area contributed by atoms with Crippen LogP contribution in [0.15, 0.2) is 52.1 Å². The molecule has 3 rings (SSSR count). The minimum atomic E-state index is -0.309. The molecule has 1 heterocycles. The molecule has 0 radical (unpaired) electrons. The summed E-state index contributed by atoms with van der Waals surface area (Å²) in [7, 11) is 0. The lowest BCUT2D eigenvalue weighted by Gasteiger charge is -2.22. The highest BCUT2D eigenvalue weighted by Gasteiger charge is 2.26. The number of amides is 2. The minimum absolute atomic E-state index is 0.104. The summed E-state index contributed by atoms with van der Waals surface area (Å²) in [4.78, 5) is 25.4. The third kappa shape index (κ3) is 6.07. The van der Waals surface area contributed by atoms with E-state index >= 15 is 0 Å². The molecule has 7 nitrogen and oxygen atoms in total. The number of hydrogen-bond acceptors (Lipinski definition) is 5. The Balaban J connectivity index is 1.71. The Labute approximate surface area is 213 Å². The molecule has 1 atom stereocenters. The van der Waals surface area contributed by atoms with E-state index in [0.717, 1.165) is 21.3 Å². The molecule has 9 heteroatoms. The molecule has 3 aromatic rings. The first kappa shape index (κ1) is 26.0. The van der Waals surface area contributed by atoms with Crippen molar-refractivity contribution in [2.24, 2.45) is 5.92 Å². The van der Waals surface area contributed by atoms with Crippen LogP contribution in [0, 0.1) is 19.8 Å². The van der Waals surface area contributed by atoms with E-state index in [-0.39, 0.29) is 29.5 Å². The van der Waals surface area contributed by atoms with E-state index in [1.54, 1.807) is 12.1 Å². The molecule has 0 bridgehead atoms. The van der Waals surface area contributed by atoms with E-state index in [0.29, 0.717) is 23.1 Å². The smallest absolute Gasteiger partial charge is 0.251 e. The number of nitrogens with one attached hydrogen (secondary N) is 2. The zero-order chi connectivity index (χ0) is 24.8. The summed E-state index contributed by atoms with van der Waals surface area (Å²) in [5, 5.41) is 15.5. The van der Waals surface area contributed by atoms with E-state index in [2.05, 4.69) is 36.8 Å². The molecule has 0 aliphatic heterocycles. The number of anilines is 1. The molecule has 0 saturated heterocycles. The second-order valence-electron chi connectivity index (χ2n) is 8.33. The molecule has 2 aromatic carbocycles. The topological polar surface area (TPSA) is 88.9 Å². The molecule has 0 spiro atoms. The van der Waals surface area contributed by atoms with Crippen LogP contribution >= 0.6 is 27.7 Å². The van der Waals surface area contributed by atoms with E-state index < -0.39 is 0 Å². The number of nitrogens with zero attached hydrogens (tertiary/aromatic N) is 3. The predicted molar refractivity (Wildman–Crippen MR) is 140 cm³/mol. The first-order chi connectivity index (χ1) is 16.2. The Morgan fingerprint density at radius 3 is 2.41 bits per heavy atom. The Hall–Kier alpha value is -2.65. The standard InChI is InChI=1S/C25H30BrN5O2S/c1-6-31-23(22(15(2)3)28-24(33)18-10-8-7-9-11-18)29-30-25(31)34-14-21(32)27-20-13-12-19(26)16(4)17(20)5/h7-13,15,22H,6,14H2,1-5H3,(H,27,32)(H,28,33)/t22-/m0/s1. The van der Waals surface area contributed by atoms with Gasteiger partial charge in [-0.25, -0.2) is 0 Å². The van der Waals surface area contributed by atoms with Crippen LogP contribution in [-0.4, -0.2) is 32.3 Å². The maximum absolute atomic E-state index is 12.8.